The zero-order valence-electron chi connectivity index (χ0n) is 7.70. The SMILES string of the molecule is C(#Cc1ccccc1)c1[c-]cccc1. The molecule has 0 spiro atoms. The summed E-state index contributed by atoms with van der Waals surface area (Å²) in [7, 11) is 0. The van der Waals surface area contributed by atoms with Crippen LogP contribution in [-0.2, 0) is 0 Å². The van der Waals surface area contributed by atoms with E-state index in [-0.39, 0.29) is 0 Å². The third kappa shape index (κ3) is 2.24. The Kier molecular flexibility index (Phi) is 2.64. The van der Waals surface area contributed by atoms with Crippen molar-refractivity contribution < 1.29 is 0 Å². The van der Waals surface area contributed by atoms with Crippen molar-refractivity contribution in [1.29, 1.82) is 0 Å². The van der Waals surface area contributed by atoms with Gasteiger partial charge in [0.25, 0.3) is 0 Å². The van der Waals surface area contributed by atoms with Crippen molar-refractivity contribution in [2.75, 3.05) is 0 Å². The molecule has 0 aromatic heterocycles. The molecule has 0 saturated heterocycles. The second kappa shape index (κ2) is 4.30. The van der Waals surface area contributed by atoms with E-state index in [1.165, 1.54) is 0 Å². The summed E-state index contributed by atoms with van der Waals surface area (Å²) in [5.41, 5.74) is 1.96. The highest BCUT2D eigenvalue weighted by Gasteiger charge is 1.78. The van der Waals surface area contributed by atoms with Gasteiger partial charge in [-0.25, -0.2) is 0 Å². The summed E-state index contributed by atoms with van der Waals surface area (Å²) in [5, 5.41) is 0. The van der Waals surface area contributed by atoms with Gasteiger partial charge in [-0.15, -0.1) is 41.8 Å². The average molecular weight is 177 g/mol. The molecule has 0 heterocycles. The van der Waals surface area contributed by atoms with Crippen molar-refractivity contribution in [1.82, 2.24) is 0 Å². The summed E-state index contributed by atoms with van der Waals surface area (Å²) in [6.07, 6.45) is 0. The van der Waals surface area contributed by atoms with Crippen molar-refractivity contribution in [2.45, 2.75) is 0 Å². The lowest BCUT2D eigenvalue weighted by molar-refractivity contribution is 1.61. The third-order valence-electron chi connectivity index (χ3n) is 1.82. The van der Waals surface area contributed by atoms with E-state index >= 15 is 0 Å². The first-order valence-corrected chi connectivity index (χ1v) is 4.49. The van der Waals surface area contributed by atoms with E-state index in [1.54, 1.807) is 0 Å². The Morgan fingerprint density at radius 1 is 0.786 bits per heavy atom. The molecular weight excluding hydrogens is 168 g/mol. The molecule has 0 atom stereocenters. The van der Waals surface area contributed by atoms with E-state index < -0.39 is 0 Å². The molecule has 66 valence electrons. The number of benzene rings is 2. The van der Waals surface area contributed by atoms with Gasteiger partial charge in [-0.1, -0.05) is 18.2 Å². The zero-order chi connectivity index (χ0) is 9.64. The van der Waals surface area contributed by atoms with Gasteiger partial charge in [0.1, 0.15) is 0 Å². The summed E-state index contributed by atoms with van der Waals surface area (Å²) in [4.78, 5) is 0. The predicted molar refractivity (Wildman–Crippen MR) is 57.7 cm³/mol. The molecule has 0 bridgehead atoms. The van der Waals surface area contributed by atoms with E-state index in [0.29, 0.717) is 0 Å². The van der Waals surface area contributed by atoms with Gasteiger partial charge in [0.2, 0.25) is 0 Å². The number of hydrogen-bond acceptors (Lipinski definition) is 0. The maximum atomic E-state index is 3.08. The fraction of sp³-hybridized carbons (Fsp3) is 0. The molecule has 0 saturated carbocycles. The van der Waals surface area contributed by atoms with Crippen LogP contribution in [0, 0.1) is 17.9 Å². The average Bonchev–Trinajstić information content (AvgIpc) is 2.29. The summed E-state index contributed by atoms with van der Waals surface area (Å²) in [5.74, 6) is 6.14. The van der Waals surface area contributed by atoms with Crippen LogP contribution in [0.2, 0.25) is 0 Å². The van der Waals surface area contributed by atoms with E-state index in [4.69, 9.17) is 0 Å². The largest absolute Gasteiger partial charge is 0.186 e. The molecule has 0 N–H and O–H groups in total. The van der Waals surface area contributed by atoms with Gasteiger partial charge in [0, 0.05) is 5.56 Å². The van der Waals surface area contributed by atoms with Crippen LogP contribution < -0.4 is 0 Å². The van der Waals surface area contributed by atoms with Crippen molar-refractivity contribution in [3.8, 4) is 11.8 Å². The Morgan fingerprint density at radius 2 is 1.57 bits per heavy atom. The van der Waals surface area contributed by atoms with Gasteiger partial charge in [-0.05, 0) is 12.1 Å². The van der Waals surface area contributed by atoms with E-state index in [1.807, 2.05) is 54.6 Å². The number of rotatable bonds is 0. The molecule has 0 unspecified atom stereocenters. The fourth-order valence-electron chi connectivity index (χ4n) is 1.13. The van der Waals surface area contributed by atoms with Gasteiger partial charge in [0.05, 0.1) is 0 Å². The summed E-state index contributed by atoms with van der Waals surface area (Å²) < 4.78 is 0. The summed E-state index contributed by atoms with van der Waals surface area (Å²) >= 11 is 0. The molecule has 0 aliphatic heterocycles. The molecule has 0 nitrogen and oxygen atoms in total. The standard InChI is InChI=1S/C14H9/c1-3-7-13(8-4-1)11-12-14-9-5-2-6-10-14/h1-9H/q-1. The van der Waals surface area contributed by atoms with E-state index in [0.717, 1.165) is 11.1 Å². The maximum Gasteiger partial charge on any atom is 0.0140 e. The Morgan fingerprint density at radius 3 is 2.29 bits per heavy atom. The lowest BCUT2D eigenvalue weighted by Gasteiger charge is -1.95. The fourth-order valence-corrected chi connectivity index (χ4v) is 1.13. The van der Waals surface area contributed by atoms with Crippen molar-refractivity contribution >= 4 is 0 Å². The molecule has 2 aromatic rings. The van der Waals surface area contributed by atoms with E-state index in [2.05, 4.69) is 17.9 Å². The molecular formula is C14H9-. The molecule has 0 aliphatic rings. The van der Waals surface area contributed by atoms with Gasteiger partial charge >= 0.3 is 0 Å². The van der Waals surface area contributed by atoms with Gasteiger partial charge < -0.3 is 0 Å². The molecule has 0 radical (unpaired) electrons. The van der Waals surface area contributed by atoms with Crippen LogP contribution in [-0.4, -0.2) is 0 Å². The molecule has 0 aliphatic carbocycles. The second-order valence-corrected chi connectivity index (χ2v) is 2.89. The van der Waals surface area contributed by atoms with Gasteiger partial charge in [0.15, 0.2) is 0 Å². The predicted octanol–water partition coefficient (Wildman–Crippen LogP) is 2.89. The molecule has 2 rings (SSSR count). The van der Waals surface area contributed by atoms with Crippen LogP contribution >= 0.6 is 0 Å². The molecule has 0 heteroatoms. The maximum absolute atomic E-state index is 3.08. The van der Waals surface area contributed by atoms with Crippen molar-refractivity contribution in [2.24, 2.45) is 0 Å². The Balaban J connectivity index is 2.24. The van der Waals surface area contributed by atoms with Crippen LogP contribution in [0.15, 0.2) is 54.6 Å². The highest BCUT2D eigenvalue weighted by atomic mass is 13.9. The molecule has 14 heavy (non-hydrogen) atoms. The quantitative estimate of drug-likeness (QED) is 0.429. The van der Waals surface area contributed by atoms with Crippen LogP contribution in [0.1, 0.15) is 11.1 Å². The van der Waals surface area contributed by atoms with E-state index in [9.17, 15) is 0 Å². The first-order chi connectivity index (χ1) is 6.95. The summed E-state index contributed by atoms with van der Waals surface area (Å²) in [6, 6.07) is 20.7. The third-order valence-corrected chi connectivity index (χ3v) is 1.82. The first kappa shape index (κ1) is 8.59. The smallest absolute Gasteiger partial charge is 0.0140 e. The lowest BCUT2D eigenvalue weighted by Crippen LogP contribution is -1.74. The van der Waals surface area contributed by atoms with Crippen LogP contribution in [0.3, 0.4) is 0 Å². The lowest BCUT2D eigenvalue weighted by atomic mass is 10.2. The highest BCUT2D eigenvalue weighted by molar-refractivity contribution is 5.41. The Labute approximate surface area is 84.2 Å². The molecule has 0 amide bonds. The number of hydrogen-bond donors (Lipinski definition) is 0. The Bertz CT molecular complexity index is 400. The minimum Gasteiger partial charge on any atom is -0.186 e. The Hall–Kier alpha value is -2.00. The second-order valence-electron chi connectivity index (χ2n) is 2.89. The normalized spacial score (nSPS) is 8.86. The monoisotopic (exact) mass is 177 g/mol. The minimum absolute atomic E-state index is 0.927. The van der Waals surface area contributed by atoms with Gasteiger partial charge in [-0.3, -0.25) is 0 Å². The molecule has 0 fully saturated rings. The van der Waals surface area contributed by atoms with Crippen LogP contribution in [0.4, 0.5) is 0 Å². The van der Waals surface area contributed by atoms with Crippen molar-refractivity contribution in [3.05, 3.63) is 71.8 Å². The molecule has 2 aromatic carbocycles. The van der Waals surface area contributed by atoms with Gasteiger partial charge in [-0.2, -0.15) is 5.92 Å². The van der Waals surface area contributed by atoms with Crippen LogP contribution in [0.25, 0.3) is 0 Å². The summed E-state index contributed by atoms with van der Waals surface area (Å²) in [6.45, 7) is 0. The van der Waals surface area contributed by atoms with Crippen molar-refractivity contribution in [3.63, 3.8) is 0 Å². The first-order valence-electron chi connectivity index (χ1n) is 4.49. The minimum atomic E-state index is 0.927. The zero-order valence-corrected chi connectivity index (χ0v) is 7.70. The topological polar surface area (TPSA) is 0 Å². The highest BCUT2D eigenvalue weighted by Crippen LogP contribution is 1.98. The van der Waals surface area contributed by atoms with Crippen LogP contribution in [0.5, 0.6) is 0 Å².